The van der Waals surface area contributed by atoms with Crippen molar-refractivity contribution in [1.82, 2.24) is 4.90 Å². The molecular weight excluding hydrogens is 188 g/mol. The Morgan fingerprint density at radius 1 is 1.67 bits per heavy atom. The summed E-state index contributed by atoms with van der Waals surface area (Å²) < 4.78 is 0. The first-order valence-corrected chi connectivity index (χ1v) is 5.82. The molecule has 1 aliphatic rings. The van der Waals surface area contributed by atoms with Gasteiger partial charge in [-0.15, -0.1) is 0 Å². The zero-order valence-corrected chi connectivity index (χ0v) is 9.83. The molecule has 0 bridgehead atoms. The van der Waals surface area contributed by atoms with Crippen LogP contribution < -0.4 is 5.73 Å². The molecule has 1 amide bonds. The fourth-order valence-electron chi connectivity index (χ4n) is 1.82. The van der Waals surface area contributed by atoms with Gasteiger partial charge in [-0.2, -0.15) is 0 Å². The van der Waals surface area contributed by atoms with Gasteiger partial charge >= 0.3 is 0 Å². The SMILES string of the molecule is CCCC(N)CC(=O)N1CC=C(C)CC1. The second kappa shape index (κ2) is 5.91. The predicted molar refractivity (Wildman–Crippen MR) is 62.5 cm³/mol. The first-order valence-electron chi connectivity index (χ1n) is 5.82. The molecule has 1 atom stereocenters. The molecule has 3 nitrogen and oxygen atoms in total. The molecule has 0 aliphatic carbocycles. The molecule has 0 fully saturated rings. The molecule has 1 aliphatic heterocycles. The number of hydrogen-bond acceptors (Lipinski definition) is 2. The highest BCUT2D eigenvalue weighted by molar-refractivity contribution is 5.77. The summed E-state index contributed by atoms with van der Waals surface area (Å²) in [6.45, 7) is 5.84. The Kier molecular flexibility index (Phi) is 4.82. The number of nitrogens with two attached hydrogens (primary N) is 1. The van der Waals surface area contributed by atoms with E-state index in [1.54, 1.807) is 0 Å². The first-order chi connectivity index (χ1) is 7.13. The van der Waals surface area contributed by atoms with Crippen molar-refractivity contribution in [3.8, 4) is 0 Å². The van der Waals surface area contributed by atoms with Gasteiger partial charge in [0.15, 0.2) is 0 Å². The van der Waals surface area contributed by atoms with Crippen LogP contribution in [-0.2, 0) is 4.79 Å². The number of carbonyl (C=O) groups is 1. The second-order valence-corrected chi connectivity index (χ2v) is 4.39. The summed E-state index contributed by atoms with van der Waals surface area (Å²) >= 11 is 0. The standard InChI is InChI=1S/C12H22N2O/c1-3-4-11(13)9-12(15)14-7-5-10(2)6-8-14/h5,11H,3-4,6-9,13H2,1-2H3. The molecule has 0 aromatic heterocycles. The molecule has 1 rings (SSSR count). The van der Waals surface area contributed by atoms with E-state index in [1.807, 2.05) is 4.90 Å². The molecular formula is C12H22N2O. The summed E-state index contributed by atoms with van der Waals surface area (Å²) in [4.78, 5) is 13.7. The quantitative estimate of drug-likeness (QED) is 0.718. The van der Waals surface area contributed by atoms with E-state index in [0.29, 0.717) is 6.42 Å². The zero-order chi connectivity index (χ0) is 11.3. The zero-order valence-electron chi connectivity index (χ0n) is 9.83. The second-order valence-electron chi connectivity index (χ2n) is 4.39. The molecule has 3 heteroatoms. The van der Waals surface area contributed by atoms with Crippen molar-refractivity contribution in [3.63, 3.8) is 0 Å². The highest BCUT2D eigenvalue weighted by Gasteiger charge is 2.17. The van der Waals surface area contributed by atoms with Crippen LogP contribution in [0, 0.1) is 0 Å². The third kappa shape index (κ3) is 4.04. The van der Waals surface area contributed by atoms with Crippen LogP contribution in [0.25, 0.3) is 0 Å². The van der Waals surface area contributed by atoms with Gasteiger partial charge in [-0.25, -0.2) is 0 Å². The lowest BCUT2D eigenvalue weighted by Gasteiger charge is -2.26. The molecule has 0 spiro atoms. The van der Waals surface area contributed by atoms with Crippen LogP contribution in [0.2, 0.25) is 0 Å². The summed E-state index contributed by atoms with van der Waals surface area (Å²) in [5, 5.41) is 0. The van der Waals surface area contributed by atoms with E-state index >= 15 is 0 Å². The van der Waals surface area contributed by atoms with Gasteiger partial charge < -0.3 is 10.6 Å². The molecule has 0 aromatic rings. The number of carbonyl (C=O) groups excluding carboxylic acids is 1. The maximum Gasteiger partial charge on any atom is 0.224 e. The fraction of sp³-hybridized carbons (Fsp3) is 0.750. The average Bonchev–Trinajstić information content (AvgIpc) is 2.18. The molecule has 0 radical (unpaired) electrons. The van der Waals surface area contributed by atoms with Crippen LogP contribution in [-0.4, -0.2) is 29.9 Å². The van der Waals surface area contributed by atoms with E-state index in [9.17, 15) is 4.79 Å². The van der Waals surface area contributed by atoms with E-state index in [-0.39, 0.29) is 11.9 Å². The summed E-state index contributed by atoms with van der Waals surface area (Å²) in [6, 6.07) is 0.0366. The Labute approximate surface area is 92.3 Å². The van der Waals surface area contributed by atoms with Crippen LogP contribution in [0.15, 0.2) is 11.6 Å². The van der Waals surface area contributed by atoms with Crippen LogP contribution in [0.3, 0.4) is 0 Å². The Hall–Kier alpha value is -0.830. The number of rotatable bonds is 4. The summed E-state index contributed by atoms with van der Waals surface area (Å²) in [7, 11) is 0. The van der Waals surface area contributed by atoms with E-state index in [4.69, 9.17) is 5.73 Å². The monoisotopic (exact) mass is 210 g/mol. The van der Waals surface area contributed by atoms with Crippen molar-refractivity contribution < 1.29 is 4.79 Å². The lowest BCUT2D eigenvalue weighted by Crippen LogP contribution is -2.38. The summed E-state index contributed by atoms with van der Waals surface area (Å²) in [5.41, 5.74) is 7.24. The number of amides is 1. The molecule has 86 valence electrons. The largest absolute Gasteiger partial charge is 0.339 e. The van der Waals surface area contributed by atoms with Gasteiger partial charge in [0, 0.05) is 25.6 Å². The number of nitrogens with zero attached hydrogens (tertiary/aromatic N) is 1. The first kappa shape index (κ1) is 12.2. The van der Waals surface area contributed by atoms with E-state index in [1.165, 1.54) is 5.57 Å². The third-order valence-corrected chi connectivity index (χ3v) is 2.89. The molecule has 1 heterocycles. The topological polar surface area (TPSA) is 46.3 Å². The third-order valence-electron chi connectivity index (χ3n) is 2.89. The molecule has 0 saturated carbocycles. The van der Waals surface area contributed by atoms with Gasteiger partial charge in [-0.1, -0.05) is 25.0 Å². The van der Waals surface area contributed by atoms with Crippen molar-refractivity contribution in [1.29, 1.82) is 0 Å². The van der Waals surface area contributed by atoms with Crippen LogP contribution in [0.1, 0.15) is 39.5 Å². The molecule has 15 heavy (non-hydrogen) atoms. The van der Waals surface area contributed by atoms with Gasteiger partial charge in [0.1, 0.15) is 0 Å². The Morgan fingerprint density at radius 2 is 2.40 bits per heavy atom. The predicted octanol–water partition coefficient (Wildman–Crippen LogP) is 1.68. The minimum Gasteiger partial charge on any atom is -0.339 e. The normalized spacial score (nSPS) is 18.6. The minimum absolute atomic E-state index is 0.0366. The van der Waals surface area contributed by atoms with Crippen LogP contribution in [0.4, 0.5) is 0 Å². The smallest absolute Gasteiger partial charge is 0.224 e. The Bertz CT molecular complexity index is 248. The van der Waals surface area contributed by atoms with Crippen LogP contribution in [0.5, 0.6) is 0 Å². The van der Waals surface area contributed by atoms with E-state index < -0.39 is 0 Å². The van der Waals surface area contributed by atoms with Gasteiger partial charge in [-0.3, -0.25) is 4.79 Å². The van der Waals surface area contributed by atoms with E-state index in [0.717, 1.165) is 32.4 Å². The molecule has 1 unspecified atom stereocenters. The lowest BCUT2D eigenvalue weighted by atomic mass is 10.1. The Balaban J connectivity index is 2.35. The highest BCUT2D eigenvalue weighted by Crippen LogP contribution is 2.11. The summed E-state index contributed by atoms with van der Waals surface area (Å²) in [5.74, 6) is 0.208. The van der Waals surface area contributed by atoms with Crippen molar-refractivity contribution in [2.45, 2.75) is 45.6 Å². The van der Waals surface area contributed by atoms with Gasteiger partial charge in [0.25, 0.3) is 0 Å². The maximum absolute atomic E-state index is 11.8. The van der Waals surface area contributed by atoms with Crippen molar-refractivity contribution in [2.24, 2.45) is 5.73 Å². The van der Waals surface area contributed by atoms with Gasteiger partial charge in [0.2, 0.25) is 5.91 Å². The average molecular weight is 210 g/mol. The van der Waals surface area contributed by atoms with Crippen molar-refractivity contribution in [2.75, 3.05) is 13.1 Å². The molecule has 2 N–H and O–H groups in total. The minimum atomic E-state index is 0.0366. The van der Waals surface area contributed by atoms with Crippen LogP contribution >= 0.6 is 0 Å². The highest BCUT2D eigenvalue weighted by atomic mass is 16.2. The molecule has 0 aromatic carbocycles. The molecule has 0 saturated heterocycles. The number of hydrogen-bond donors (Lipinski definition) is 1. The maximum atomic E-state index is 11.8. The van der Waals surface area contributed by atoms with Gasteiger partial charge in [0.05, 0.1) is 0 Å². The fourth-order valence-corrected chi connectivity index (χ4v) is 1.82. The Morgan fingerprint density at radius 3 is 2.93 bits per heavy atom. The summed E-state index contributed by atoms with van der Waals surface area (Å²) in [6.07, 6.45) is 5.63. The van der Waals surface area contributed by atoms with Crippen molar-refractivity contribution >= 4 is 5.91 Å². The van der Waals surface area contributed by atoms with Gasteiger partial charge in [-0.05, 0) is 19.8 Å². The van der Waals surface area contributed by atoms with Crippen molar-refractivity contribution in [3.05, 3.63) is 11.6 Å². The lowest BCUT2D eigenvalue weighted by molar-refractivity contribution is -0.131. The van der Waals surface area contributed by atoms with E-state index in [2.05, 4.69) is 19.9 Å².